The first-order chi connectivity index (χ1) is 17.1. The van der Waals surface area contributed by atoms with Gasteiger partial charge in [0.2, 0.25) is 11.5 Å². The molecule has 0 aliphatic heterocycles. The molecule has 2 N–H and O–H groups in total. The highest BCUT2D eigenvalue weighted by molar-refractivity contribution is 5.92. The van der Waals surface area contributed by atoms with Crippen LogP contribution in [-0.4, -0.2) is 30.7 Å². The molecular weight excluding hydrogens is 444 g/mol. The fourth-order valence-corrected chi connectivity index (χ4v) is 4.09. The van der Waals surface area contributed by atoms with Crippen molar-refractivity contribution >= 4 is 12.0 Å². The quantitative estimate of drug-likeness (QED) is 0.335. The van der Waals surface area contributed by atoms with E-state index in [1.807, 2.05) is 55.5 Å². The number of benzene rings is 2. The standard InChI is InChI=1S/C28H30N2O5/c1-2-33-26-19-20(11-14-25(26)35-18-17-34-21-7-4-3-5-8-21)12-15-27(31)29-23-9-6-10-24-22(23)13-16-28(32)30-24/h3-5,7-8,11-16,19,23H,2,6,9-10,17-18H2,1H3,(H,29,31)(H,30,32). The Morgan fingerprint density at radius 3 is 2.69 bits per heavy atom. The second-order valence-corrected chi connectivity index (χ2v) is 8.19. The van der Waals surface area contributed by atoms with E-state index in [1.54, 1.807) is 12.1 Å². The zero-order chi connectivity index (χ0) is 24.5. The maximum Gasteiger partial charge on any atom is 0.248 e. The van der Waals surface area contributed by atoms with Crippen molar-refractivity contribution in [2.75, 3.05) is 19.8 Å². The highest BCUT2D eigenvalue weighted by Crippen LogP contribution is 2.30. The van der Waals surface area contributed by atoms with Gasteiger partial charge in [-0.15, -0.1) is 0 Å². The molecule has 182 valence electrons. The molecule has 0 saturated carbocycles. The number of carbonyl (C=O) groups excluding carboxylic acids is 1. The summed E-state index contributed by atoms with van der Waals surface area (Å²) in [5, 5.41) is 3.05. The zero-order valence-electron chi connectivity index (χ0n) is 19.8. The number of fused-ring (bicyclic) bond motifs is 1. The molecule has 2 aromatic carbocycles. The number of amides is 1. The van der Waals surface area contributed by atoms with Crippen molar-refractivity contribution in [2.45, 2.75) is 32.2 Å². The van der Waals surface area contributed by atoms with Gasteiger partial charge in [-0.05, 0) is 73.7 Å². The zero-order valence-corrected chi connectivity index (χ0v) is 19.8. The summed E-state index contributed by atoms with van der Waals surface area (Å²) in [7, 11) is 0. The van der Waals surface area contributed by atoms with E-state index < -0.39 is 0 Å². The minimum atomic E-state index is -0.189. The molecule has 35 heavy (non-hydrogen) atoms. The van der Waals surface area contributed by atoms with Crippen molar-refractivity contribution < 1.29 is 19.0 Å². The van der Waals surface area contributed by atoms with Gasteiger partial charge in [-0.2, -0.15) is 0 Å². The molecule has 1 aliphatic rings. The van der Waals surface area contributed by atoms with Crippen molar-refractivity contribution in [3.05, 3.63) is 93.9 Å². The van der Waals surface area contributed by atoms with E-state index in [0.717, 1.165) is 41.8 Å². The monoisotopic (exact) mass is 474 g/mol. The molecule has 1 aliphatic carbocycles. The average Bonchev–Trinajstić information content (AvgIpc) is 2.87. The molecule has 3 aromatic rings. The van der Waals surface area contributed by atoms with Crippen LogP contribution >= 0.6 is 0 Å². The Balaban J connectivity index is 1.34. The Morgan fingerprint density at radius 2 is 1.86 bits per heavy atom. The van der Waals surface area contributed by atoms with E-state index in [-0.39, 0.29) is 17.5 Å². The van der Waals surface area contributed by atoms with Crippen LogP contribution in [0, 0.1) is 0 Å². The van der Waals surface area contributed by atoms with Crippen LogP contribution in [0.15, 0.2) is 71.5 Å². The smallest absolute Gasteiger partial charge is 0.248 e. The van der Waals surface area contributed by atoms with Gasteiger partial charge >= 0.3 is 0 Å². The first-order valence-corrected chi connectivity index (χ1v) is 11.9. The maximum atomic E-state index is 12.6. The predicted octanol–water partition coefficient (Wildman–Crippen LogP) is 4.44. The van der Waals surface area contributed by atoms with Crippen LogP contribution in [0.3, 0.4) is 0 Å². The second kappa shape index (κ2) is 11.9. The molecule has 1 atom stereocenters. The molecule has 1 unspecified atom stereocenters. The van der Waals surface area contributed by atoms with Crippen LogP contribution < -0.4 is 25.1 Å². The summed E-state index contributed by atoms with van der Waals surface area (Å²) in [5.74, 6) is 1.84. The number of pyridine rings is 1. The van der Waals surface area contributed by atoms with Gasteiger partial charge in [-0.25, -0.2) is 0 Å². The number of carbonyl (C=O) groups is 1. The van der Waals surface area contributed by atoms with Crippen LogP contribution in [-0.2, 0) is 11.2 Å². The molecule has 7 heteroatoms. The Kier molecular flexibility index (Phi) is 8.22. The van der Waals surface area contributed by atoms with Crippen LogP contribution in [0.4, 0.5) is 0 Å². The van der Waals surface area contributed by atoms with Crippen molar-refractivity contribution in [2.24, 2.45) is 0 Å². The lowest BCUT2D eigenvalue weighted by Gasteiger charge is -2.25. The van der Waals surface area contributed by atoms with E-state index in [9.17, 15) is 9.59 Å². The van der Waals surface area contributed by atoms with Gasteiger partial charge in [0, 0.05) is 17.8 Å². The number of ether oxygens (including phenoxy) is 3. The first-order valence-electron chi connectivity index (χ1n) is 11.9. The van der Waals surface area contributed by atoms with Gasteiger partial charge in [0.1, 0.15) is 19.0 Å². The molecule has 1 heterocycles. The van der Waals surface area contributed by atoms with Crippen LogP contribution in [0.1, 0.15) is 42.6 Å². The number of para-hydroxylation sites is 1. The summed E-state index contributed by atoms with van der Waals surface area (Å²) in [5.41, 5.74) is 2.60. The summed E-state index contributed by atoms with van der Waals surface area (Å²) in [6.45, 7) is 3.19. The molecular formula is C28H30N2O5. The molecule has 1 amide bonds. The van der Waals surface area contributed by atoms with E-state index in [2.05, 4.69) is 10.3 Å². The van der Waals surface area contributed by atoms with Gasteiger partial charge in [0.15, 0.2) is 11.5 Å². The summed E-state index contributed by atoms with van der Waals surface area (Å²) >= 11 is 0. The lowest BCUT2D eigenvalue weighted by atomic mass is 9.91. The number of aryl methyl sites for hydroxylation is 1. The number of H-pyrrole nitrogens is 1. The fraction of sp³-hybridized carbons (Fsp3) is 0.286. The lowest BCUT2D eigenvalue weighted by molar-refractivity contribution is -0.117. The van der Waals surface area contributed by atoms with Crippen LogP contribution in [0.5, 0.6) is 17.2 Å². The first kappa shape index (κ1) is 24.1. The Morgan fingerprint density at radius 1 is 1.03 bits per heavy atom. The third-order valence-corrected chi connectivity index (χ3v) is 5.70. The van der Waals surface area contributed by atoms with E-state index >= 15 is 0 Å². The maximum absolute atomic E-state index is 12.6. The van der Waals surface area contributed by atoms with E-state index in [0.29, 0.717) is 31.3 Å². The largest absolute Gasteiger partial charge is 0.490 e. The van der Waals surface area contributed by atoms with Crippen molar-refractivity contribution in [1.82, 2.24) is 10.3 Å². The Hall–Kier alpha value is -4.00. The highest BCUT2D eigenvalue weighted by Gasteiger charge is 2.21. The number of aromatic amines is 1. The van der Waals surface area contributed by atoms with Gasteiger partial charge in [0.05, 0.1) is 12.6 Å². The minimum absolute atomic E-state index is 0.111. The minimum Gasteiger partial charge on any atom is -0.490 e. The normalized spacial score (nSPS) is 14.8. The van der Waals surface area contributed by atoms with Gasteiger partial charge in [-0.1, -0.05) is 24.3 Å². The van der Waals surface area contributed by atoms with Crippen molar-refractivity contribution in [3.63, 3.8) is 0 Å². The summed E-state index contributed by atoms with van der Waals surface area (Å²) in [6.07, 6.45) is 5.83. The molecule has 4 rings (SSSR count). The average molecular weight is 475 g/mol. The lowest BCUT2D eigenvalue weighted by Crippen LogP contribution is -2.31. The highest BCUT2D eigenvalue weighted by atomic mass is 16.5. The van der Waals surface area contributed by atoms with Crippen LogP contribution in [0.25, 0.3) is 6.08 Å². The molecule has 0 bridgehead atoms. The van der Waals surface area contributed by atoms with Gasteiger partial charge in [0.25, 0.3) is 0 Å². The predicted molar refractivity (Wildman–Crippen MR) is 135 cm³/mol. The topological polar surface area (TPSA) is 89.7 Å². The SMILES string of the molecule is CCOc1cc(C=CC(=O)NC2CCCc3[nH]c(=O)ccc32)ccc1OCCOc1ccccc1. The fourth-order valence-electron chi connectivity index (χ4n) is 4.09. The molecule has 7 nitrogen and oxygen atoms in total. The molecule has 0 radical (unpaired) electrons. The van der Waals surface area contributed by atoms with E-state index in [1.165, 1.54) is 12.1 Å². The molecule has 1 aromatic heterocycles. The van der Waals surface area contributed by atoms with Gasteiger partial charge in [-0.3, -0.25) is 9.59 Å². The van der Waals surface area contributed by atoms with Crippen molar-refractivity contribution in [3.8, 4) is 17.2 Å². The molecule has 0 saturated heterocycles. The second-order valence-electron chi connectivity index (χ2n) is 8.19. The number of hydrogen-bond donors (Lipinski definition) is 2. The summed E-state index contributed by atoms with van der Waals surface area (Å²) < 4.78 is 17.3. The van der Waals surface area contributed by atoms with E-state index in [4.69, 9.17) is 14.2 Å². The third-order valence-electron chi connectivity index (χ3n) is 5.70. The Bertz CT molecular complexity index is 1220. The number of rotatable bonds is 10. The number of aromatic nitrogens is 1. The summed E-state index contributed by atoms with van der Waals surface area (Å²) in [6, 6.07) is 18.3. The molecule has 0 fully saturated rings. The molecule has 0 spiro atoms. The van der Waals surface area contributed by atoms with Gasteiger partial charge < -0.3 is 24.5 Å². The number of hydrogen-bond acceptors (Lipinski definition) is 5. The summed E-state index contributed by atoms with van der Waals surface area (Å²) in [4.78, 5) is 27.1. The van der Waals surface area contributed by atoms with Crippen LogP contribution in [0.2, 0.25) is 0 Å². The third kappa shape index (κ3) is 6.76. The number of nitrogens with one attached hydrogen (secondary N) is 2. The van der Waals surface area contributed by atoms with Crippen molar-refractivity contribution in [1.29, 1.82) is 0 Å². The Labute approximate surface area is 204 Å².